The van der Waals surface area contributed by atoms with Crippen molar-refractivity contribution in [1.29, 1.82) is 0 Å². The van der Waals surface area contributed by atoms with E-state index < -0.39 is 10.0 Å². The number of sulfonamides is 1. The molecule has 6 nitrogen and oxygen atoms in total. The van der Waals surface area contributed by atoms with E-state index in [0.717, 1.165) is 31.7 Å². The molecule has 0 amide bonds. The molecule has 29 heavy (non-hydrogen) atoms. The Hall–Kier alpha value is -2.13. The predicted octanol–water partition coefficient (Wildman–Crippen LogP) is 2.51. The van der Waals surface area contributed by atoms with Crippen molar-refractivity contribution in [3.05, 3.63) is 64.3 Å². The van der Waals surface area contributed by atoms with Crippen molar-refractivity contribution in [3.8, 4) is 5.75 Å². The van der Waals surface area contributed by atoms with Gasteiger partial charge in [0.2, 0.25) is 10.0 Å². The summed E-state index contributed by atoms with van der Waals surface area (Å²) in [6.45, 7) is 3.13. The number of benzene rings is 2. The number of fused-ring (bicyclic) bond motifs is 1. The van der Waals surface area contributed by atoms with Crippen LogP contribution in [0, 0.1) is 5.82 Å². The first kappa shape index (κ1) is 21.6. The van der Waals surface area contributed by atoms with Crippen LogP contribution in [0.4, 0.5) is 10.1 Å². The van der Waals surface area contributed by atoms with Gasteiger partial charge in [0.1, 0.15) is 18.2 Å². The summed E-state index contributed by atoms with van der Waals surface area (Å²) in [5.41, 5.74) is 1.84. The molecule has 0 aromatic heterocycles. The second-order valence-corrected chi connectivity index (χ2v) is 8.60. The highest BCUT2D eigenvalue weighted by Crippen LogP contribution is 2.27. The molecule has 2 aromatic carbocycles. The fourth-order valence-electron chi connectivity index (χ4n) is 3.34. The molecule has 2 aromatic rings. The zero-order valence-corrected chi connectivity index (χ0v) is 17.4. The zero-order valence-electron chi connectivity index (χ0n) is 15.7. The van der Waals surface area contributed by atoms with Crippen LogP contribution in [0.3, 0.4) is 0 Å². The maximum absolute atomic E-state index is 14.5. The Kier molecular flexibility index (Phi) is 6.79. The summed E-state index contributed by atoms with van der Waals surface area (Å²) in [5.74, 6) is 0.319. The quantitative estimate of drug-likeness (QED) is 0.749. The van der Waals surface area contributed by atoms with Crippen LogP contribution in [0.1, 0.15) is 11.1 Å². The van der Waals surface area contributed by atoms with Gasteiger partial charge in [-0.1, -0.05) is 24.3 Å². The molecule has 0 atom stereocenters. The fourth-order valence-corrected chi connectivity index (χ4v) is 4.38. The summed E-state index contributed by atoms with van der Waals surface area (Å²) in [6.07, 6.45) is 1.61. The SMILES string of the molecule is Cl.O=S(=O)(NCc1ccc(N2CCNCC2)c(F)c1)C1=Cc2ccccc2OC1. The summed E-state index contributed by atoms with van der Waals surface area (Å²) in [4.78, 5) is 2.14. The third-order valence-corrected chi connectivity index (χ3v) is 6.34. The Balaban J connectivity index is 0.00000240. The van der Waals surface area contributed by atoms with Crippen molar-refractivity contribution in [3.63, 3.8) is 0 Å². The molecular formula is C20H23ClFN3O3S. The molecule has 0 saturated carbocycles. The van der Waals surface area contributed by atoms with E-state index in [1.54, 1.807) is 30.3 Å². The van der Waals surface area contributed by atoms with Crippen LogP contribution >= 0.6 is 12.4 Å². The number of piperazine rings is 1. The van der Waals surface area contributed by atoms with Crippen molar-refractivity contribution >= 4 is 34.2 Å². The molecule has 0 aliphatic carbocycles. The molecule has 1 fully saturated rings. The van der Waals surface area contributed by atoms with Gasteiger partial charge in [0.15, 0.2) is 0 Å². The maximum Gasteiger partial charge on any atom is 0.240 e. The second kappa shape index (κ2) is 9.13. The van der Waals surface area contributed by atoms with E-state index in [2.05, 4.69) is 10.0 Å². The van der Waals surface area contributed by atoms with Crippen molar-refractivity contribution in [2.45, 2.75) is 6.54 Å². The van der Waals surface area contributed by atoms with Gasteiger partial charge in [-0.2, -0.15) is 0 Å². The smallest absolute Gasteiger partial charge is 0.240 e. The van der Waals surface area contributed by atoms with Crippen LogP contribution in [0.25, 0.3) is 6.08 Å². The van der Waals surface area contributed by atoms with Crippen molar-refractivity contribution in [1.82, 2.24) is 10.0 Å². The van der Waals surface area contributed by atoms with Gasteiger partial charge in [-0.15, -0.1) is 12.4 Å². The van der Waals surface area contributed by atoms with Crippen LogP contribution in [0.15, 0.2) is 47.4 Å². The molecule has 0 bridgehead atoms. The number of nitrogens with one attached hydrogen (secondary N) is 2. The van der Waals surface area contributed by atoms with E-state index in [4.69, 9.17) is 4.74 Å². The summed E-state index contributed by atoms with van der Waals surface area (Å²) >= 11 is 0. The number of ether oxygens (including phenoxy) is 1. The molecule has 2 aliphatic heterocycles. The molecule has 2 N–H and O–H groups in total. The molecule has 0 unspecified atom stereocenters. The number of rotatable bonds is 5. The van der Waals surface area contributed by atoms with Gasteiger partial charge >= 0.3 is 0 Å². The van der Waals surface area contributed by atoms with Crippen molar-refractivity contribution in [2.75, 3.05) is 37.7 Å². The van der Waals surface area contributed by atoms with Crippen LogP contribution in [-0.2, 0) is 16.6 Å². The second-order valence-electron chi connectivity index (χ2n) is 6.78. The molecule has 156 valence electrons. The lowest BCUT2D eigenvalue weighted by molar-refractivity contribution is 0.353. The summed E-state index contributed by atoms with van der Waals surface area (Å²) in [7, 11) is -3.72. The molecule has 2 aliphatic rings. The van der Waals surface area contributed by atoms with Crippen LogP contribution in [-0.4, -0.2) is 41.2 Å². The summed E-state index contributed by atoms with van der Waals surface area (Å²) in [6, 6.07) is 12.1. The molecule has 4 rings (SSSR count). The van der Waals surface area contributed by atoms with Gasteiger partial charge in [-0.05, 0) is 29.8 Å². The van der Waals surface area contributed by atoms with E-state index in [1.807, 2.05) is 17.0 Å². The number of anilines is 1. The third-order valence-electron chi connectivity index (χ3n) is 4.89. The molecule has 9 heteroatoms. The lowest BCUT2D eigenvalue weighted by Crippen LogP contribution is -2.43. The molecule has 2 heterocycles. The highest BCUT2D eigenvalue weighted by Gasteiger charge is 2.23. The lowest BCUT2D eigenvalue weighted by Gasteiger charge is -2.29. The van der Waals surface area contributed by atoms with E-state index in [1.165, 1.54) is 6.07 Å². The lowest BCUT2D eigenvalue weighted by atomic mass is 10.1. The van der Waals surface area contributed by atoms with Gasteiger partial charge in [0.05, 0.1) is 10.6 Å². The van der Waals surface area contributed by atoms with Crippen molar-refractivity contribution in [2.24, 2.45) is 0 Å². The number of halogens is 2. The largest absolute Gasteiger partial charge is 0.487 e. The number of para-hydroxylation sites is 1. The molecule has 0 spiro atoms. The molecular weight excluding hydrogens is 417 g/mol. The normalized spacial score (nSPS) is 16.3. The Morgan fingerprint density at radius 3 is 2.66 bits per heavy atom. The minimum absolute atomic E-state index is 0. The average Bonchev–Trinajstić information content (AvgIpc) is 2.73. The van der Waals surface area contributed by atoms with Gasteiger partial charge in [-0.3, -0.25) is 0 Å². The maximum atomic E-state index is 14.5. The minimum Gasteiger partial charge on any atom is -0.487 e. The highest BCUT2D eigenvalue weighted by atomic mass is 35.5. The van der Waals surface area contributed by atoms with E-state index >= 15 is 0 Å². The Labute approximate surface area is 176 Å². The van der Waals surface area contributed by atoms with Gasteiger partial charge in [0, 0.05) is 38.3 Å². The summed E-state index contributed by atoms with van der Waals surface area (Å²) in [5, 5.41) is 3.23. The monoisotopic (exact) mass is 439 g/mol. The van der Waals surface area contributed by atoms with E-state index in [-0.39, 0.29) is 36.3 Å². The van der Waals surface area contributed by atoms with Crippen LogP contribution in [0.5, 0.6) is 5.75 Å². The van der Waals surface area contributed by atoms with Gasteiger partial charge in [0.25, 0.3) is 0 Å². The Morgan fingerprint density at radius 1 is 1.14 bits per heavy atom. The predicted molar refractivity (Wildman–Crippen MR) is 114 cm³/mol. The fraction of sp³-hybridized carbons (Fsp3) is 0.300. The molecule has 1 saturated heterocycles. The highest BCUT2D eigenvalue weighted by molar-refractivity contribution is 7.93. The average molecular weight is 440 g/mol. The first-order valence-electron chi connectivity index (χ1n) is 9.19. The third kappa shape index (κ3) is 4.90. The van der Waals surface area contributed by atoms with Gasteiger partial charge < -0.3 is 15.0 Å². The number of hydrogen-bond donors (Lipinski definition) is 2. The zero-order chi connectivity index (χ0) is 19.6. The van der Waals surface area contributed by atoms with Crippen LogP contribution < -0.4 is 19.7 Å². The number of hydrogen-bond acceptors (Lipinski definition) is 5. The first-order valence-corrected chi connectivity index (χ1v) is 10.7. The van der Waals surface area contributed by atoms with E-state index in [0.29, 0.717) is 17.0 Å². The number of nitrogens with zero attached hydrogens (tertiary/aromatic N) is 1. The van der Waals surface area contributed by atoms with Gasteiger partial charge in [-0.25, -0.2) is 17.5 Å². The standard InChI is InChI=1S/C20H22FN3O3S.ClH/c21-18-11-15(5-6-19(18)24-9-7-22-8-10-24)13-23-28(25,26)17-12-16-3-1-2-4-20(16)27-14-17;/h1-6,11-12,22-23H,7-10,13-14H2;1H. The molecule has 0 radical (unpaired) electrons. The Morgan fingerprint density at radius 2 is 1.90 bits per heavy atom. The Bertz CT molecular complexity index is 1010. The first-order chi connectivity index (χ1) is 13.5. The summed E-state index contributed by atoms with van der Waals surface area (Å²) < 4.78 is 47.8. The topological polar surface area (TPSA) is 70.7 Å². The van der Waals surface area contributed by atoms with Crippen LogP contribution in [0.2, 0.25) is 0 Å². The minimum atomic E-state index is -3.72. The van der Waals surface area contributed by atoms with Crippen molar-refractivity contribution < 1.29 is 17.5 Å². The van der Waals surface area contributed by atoms with E-state index in [9.17, 15) is 12.8 Å².